The van der Waals surface area contributed by atoms with Crippen molar-refractivity contribution in [3.05, 3.63) is 0 Å². The van der Waals surface area contributed by atoms with Crippen LogP contribution in [0.2, 0.25) is 0 Å². The molecule has 1 unspecified atom stereocenters. The molecule has 19 heavy (non-hydrogen) atoms. The molecule has 5 N–H and O–H groups in total. The van der Waals surface area contributed by atoms with Crippen molar-refractivity contribution in [1.82, 2.24) is 0 Å². The lowest BCUT2D eigenvalue weighted by Gasteiger charge is -2.03. The summed E-state index contributed by atoms with van der Waals surface area (Å²) >= 11 is 0. The summed E-state index contributed by atoms with van der Waals surface area (Å²) in [6.45, 7) is 0. The van der Waals surface area contributed by atoms with E-state index in [0.717, 1.165) is 0 Å². The number of alkyl halides is 3. The standard InChI is InChI=1S/C5H9NO5S.C2HF3O2/c6-3(5(9)10)1-12(11)2-4(7)8;3-2(4,5)1(6)7/h3H,1-2,6H2,(H,7,8)(H,9,10);(H,6,7)/t3-,12?;/m0./s1. The Labute approximate surface area is 106 Å². The Morgan fingerprint density at radius 2 is 1.53 bits per heavy atom. The van der Waals surface area contributed by atoms with Crippen LogP contribution < -0.4 is 5.73 Å². The van der Waals surface area contributed by atoms with Gasteiger partial charge >= 0.3 is 24.1 Å². The van der Waals surface area contributed by atoms with E-state index in [9.17, 15) is 27.0 Å². The predicted molar refractivity (Wildman–Crippen MR) is 54.8 cm³/mol. The fraction of sp³-hybridized carbons (Fsp3) is 0.571. The van der Waals surface area contributed by atoms with Crippen LogP contribution in [0.4, 0.5) is 13.2 Å². The summed E-state index contributed by atoms with van der Waals surface area (Å²) in [4.78, 5) is 29.0. The van der Waals surface area contributed by atoms with Gasteiger partial charge in [-0.1, -0.05) is 0 Å². The third kappa shape index (κ3) is 12.6. The van der Waals surface area contributed by atoms with Crippen molar-refractivity contribution in [2.75, 3.05) is 11.5 Å². The summed E-state index contributed by atoms with van der Waals surface area (Å²) in [5.74, 6) is -6.17. The number of rotatable bonds is 5. The van der Waals surface area contributed by atoms with Crippen molar-refractivity contribution >= 4 is 28.7 Å². The SMILES string of the molecule is N[C@@H](CS(=O)CC(=O)O)C(=O)O.O=C(O)C(F)(F)F. The Morgan fingerprint density at radius 3 is 1.74 bits per heavy atom. The van der Waals surface area contributed by atoms with Crippen molar-refractivity contribution in [3.63, 3.8) is 0 Å². The second-order valence-electron chi connectivity index (χ2n) is 2.89. The normalized spacial score (nSPS) is 13.7. The van der Waals surface area contributed by atoms with Crippen LogP contribution in [0.15, 0.2) is 0 Å². The molecule has 0 heterocycles. The summed E-state index contributed by atoms with van der Waals surface area (Å²) in [7, 11) is -1.71. The molecule has 0 spiro atoms. The highest BCUT2D eigenvalue weighted by molar-refractivity contribution is 7.85. The smallest absolute Gasteiger partial charge is 0.481 e. The van der Waals surface area contributed by atoms with Gasteiger partial charge in [-0.05, 0) is 0 Å². The summed E-state index contributed by atoms with van der Waals surface area (Å²) < 4.78 is 42.5. The number of carboxylic acid groups (broad SMARTS) is 3. The lowest BCUT2D eigenvalue weighted by atomic mass is 10.4. The molecule has 0 rings (SSSR count). The minimum Gasteiger partial charge on any atom is -0.481 e. The lowest BCUT2D eigenvalue weighted by Crippen LogP contribution is -2.36. The molecule has 0 radical (unpaired) electrons. The summed E-state index contributed by atoms with van der Waals surface area (Å²) in [5, 5.41) is 23.5. The number of hydrogen-bond donors (Lipinski definition) is 4. The maximum absolute atomic E-state index is 10.8. The molecule has 0 aromatic carbocycles. The van der Waals surface area contributed by atoms with Crippen molar-refractivity contribution in [3.8, 4) is 0 Å². The minimum absolute atomic E-state index is 0.332. The fourth-order valence-corrected chi connectivity index (χ4v) is 1.40. The van der Waals surface area contributed by atoms with Crippen LogP contribution in [0, 0.1) is 0 Å². The molecule has 0 amide bonds. The van der Waals surface area contributed by atoms with Gasteiger partial charge in [-0.25, -0.2) is 4.79 Å². The molecule has 8 nitrogen and oxygen atoms in total. The topological polar surface area (TPSA) is 155 Å². The summed E-state index contributed by atoms with van der Waals surface area (Å²) in [6, 6.07) is -1.26. The van der Waals surface area contributed by atoms with E-state index in [1.165, 1.54) is 0 Å². The molecular formula is C7H10F3NO7S. The number of hydrogen-bond acceptors (Lipinski definition) is 5. The largest absolute Gasteiger partial charge is 0.490 e. The van der Waals surface area contributed by atoms with Gasteiger partial charge in [0.25, 0.3) is 0 Å². The van der Waals surface area contributed by atoms with E-state index in [-0.39, 0.29) is 5.75 Å². The molecule has 12 heteroatoms. The average Bonchev–Trinajstić information content (AvgIpc) is 2.14. The molecule has 0 aliphatic carbocycles. The maximum atomic E-state index is 10.8. The Morgan fingerprint density at radius 1 is 1.16 bits per heavy atom. The van der Waals surface area contributed by atoms with Gasteiger partial charge in [0.15, 0.2) is 0 Å². The highest BCUT2D eigenvalue weighted by atomic mass is 32.2. The third-order valence-corrected chi connectivity index (χ3v) is 2.51. The van der Waals surface area contributed by atoms with Gasteiger partial charge in [0.1, 0.15) is 11.8 Å². The Bertz CT molecular complexity index is 370. The molecule has 0 bridgehead atoms. The van der Waals surface area contributed by atoms with Gasteiger partial charge in [-0.2, -0.15) is 13.2 Å². The van der Waals surface area contributed by atoms with Crippen LogP contribution in [-0.4, -0.2) is 61.2 Å². The first-order valence-corrected chi connectivity index (χ1v) is 5.72. The molecule has 112 valence electrons. The van der Waals surface area contributed by atoms with Crippen molar-refractivity contribution in [2.45, 2.75) is 12.2 Å². The number of carbonyl (C=O) groups is 3. The molecule has 0 aromatic heterocycles. The Kier molecular flexibility index (Phi) is 8.70. The number of aliphatic carboxylic acids is 3. The van der Waals surface area contributed by atoms with Crippen molar-refractivity contribution < 1.29 is 47.1 Å². The van der Waals surface area contributed by atoms with E-state index < -0.39 is 46.7 Å². The Hall–Kier alpha value is -1.69. The fourth-order valence-electron chi connectivity index (χ4n) is 0.468. The van der Waals surface area contributed by atoms with Crippen LogP contribution >= 0.6 is 0 Å². The van der Waals surface area contributed by atoms with Gasteiger partial charge in [-0.3, -0.25) is 13.8 Å². The van der Waals surface area contributed by atoms with Crippen LogP contribution in [0.25, 0.3) is 0 Å². The first-order valence-electron chi connectivity index (χ1n) is 4.23. The molecule has 0 fully saturated rings. The highest BCUT2D eigenvalue weighted by Crippen LogP contribution is 2.13. The summed E-state index contributed by atoms with van der Waals surface area (Å²) in [6.07, 6.45) is -5.08. The Balaban J connectivity index is 0. The maximum Gasteiger partial charge on any atom is 0.490 e. The van der Waals surface area contributed by atoms with Gasteiger partial charge < -0.3 is 21.1 Å². The van der Waals surface area contributed by atoms with E-state index in [2.05, 4.69) is 0 Å². The van der Waals surface area contributed by atoms with E-state index in [1.807, 2.05) is 0 Å². The van der Waals surface area contributed by atoms with Crippen molar-refractivity contribution in [1.29, 1.82) is 0 Å². The molecule has 0 aliphatic rings. The second-order valence-corrected chi connectivity index (χ2v) is 4.39. The molecule has 0 aliphatic heterocycles. The first-order chi connectivity index (χ1) is 8.37. The van der Waals surface area contributed by atoms with Crippen LogP contribution in [0.3, 0.4) is 0 Å². The summed E-state index contributed by atoms with van der Waals surface area (Å²) in [5.41, 5.74) is 5.01. The first kappa shape index (κ1) is 19.6. The molecule has 0 saturated heterocycles. The number of nitrogens with two attached hydrogens (primary N) is 1. The molecule has 0 aromatic rings. The monoisotopic (exact) mass is 309 g/mol. The second kappa shape index (κ2) is 8.42. The van der Waals surface area contributed by atoms with E-state index in [4.69, 9.17) is 25.8 Å². The van der Waals surface area contributed by atoms with E-state index >= 15 is 0 Å². The lowest BCUT2D eigenvalue weighted by molar-refractivity contribution is -0.192. The van der Waals surface area contributed by atoms with Gasteiger partial charge in [-0.15, -0.1) is 0 Å². The molecule has 0 saturated carbocycles. The molecular weight excluding hydrogens is 299 g/mol. The zero-order valence-corrected chi connectivity index (χ0v) is 9.90. The van der Waals surface area contributed by atoms with Crippen LogP contribution in [0.5, 0.6) is 0 Å². The third-order valence-electron chi connectivity index (χ3n) is 1.21. The predicted octanol–water partition coefficient (Wildman–Crippen LogP) is -1.14. The van der Waals surface area contributed by atoms with Crippen LogP contribution in [0.1, 0.15) is 0 Å². The average molecular weight is 309 g/mol. The van der Waals surface area contributed by atoms with E-state index in [0.29, 0.717) is 0 Å². The zero-order chi connectivity index (χ0) is 15.8. The molecule has 2 atom stereocenters. The quantitative estimate of drug-likeness (QED) is 0.497. The van der Waals surface area contributed by atoms with E-state index in [1.54, 1.807) is 0 Å². The van der Waals surface area contributed by atoms with Gasteiger partial charge in [0, 0.05) is 10.8 Å². The van der Waals surface area contributed by atoms with Crippen molar-refractivity contribution in [2.24, 2.45) is 5.73 Å². The van der Waals surface area contributed by atoms with Crippen LogP contribution in [-0.2, 0) is 25.2 Å². The number of carboxylic acids is 3. The zero-order valence-electron chi connectivity index (χ0n) is 9.09. The van der Waals surface area contributed by atoms with Gasteiger partial charge in [0.05, 0.1) is 5.75 Å². The van der Waals surface area contributed by atoms with Gasteiger partial charge in [0.2, 0.25) is 0 Å². The minimum atomic E-state index is -5.08. The number of halogens is 3. The highest BCUT2D eigenvalue weighted by Gasteiger charge is 2.38.